The summed E-state index contributed by atoms with van der Waals surface area (Å²) in [6, 6.07) is 0.336. The van der Waals surface area contributed by atoms with Crippen LogP contribution in [-0.2, 0) is 12.8 Å². The second kappa shape index (κ2) is 3.01. The molecule has 1 aliphatic carbocycles. The van der Waals surface area contributed by atoms with Crippen LogP contribution in [0.25, 0.3) is 0 Å². The molecule has 0 spiro atoms. The molecule has 1 aliphatic rings. The average molecular weight is 247 g/mol. The Balaban J connectivity index is 2.43. The predicted octanol–water partition coefficient (Wildman–Crippen LogP) is 1.91. The third-order valence-electron chi connectivity index (χ3n) is 2.30. The minimum Gasteiger partial charge on any atom is -0.397 e. The van der Waals surface area contributed by atoms with E-state index in [0.717, 1.165) is 28.7 Å². The number of fused-ring (bicyclic) bond motifs is 1. The Kier molecular flexibility index (Phi) is 2.14. The van der Waals surface area contributed by atoms with Crippen LogP contribution >= 0.6 is 27.3 Å². The zero-order valence-corrected chi connectivity index (χ0v) is 9.04. The van der Waals surface area contributed by atoms with Gasteiger partial charge in [0.05, 0.1) is 9.47 Å². The Morgan fingerprint density at radius 3 is 3.00 bits per heavy atom. The lowest BCUT2D eigenvalue weighted by Crippen LogP contribution is -2.27. The Morgan fingerprint density at radius 1 is 1.50 bits per heavy atom. The molecule has 0 saturated carbocycles. The van der Waals surface area contributed by atoms with Crippen LogP contribution in [0.3, 0.4) is 0 Å². The molecule has 0 aromatic carbocycles. The summed E-state index contributed by atoms with van der Waals surface area (Å²) < 4.78 is 1.07. The van der Waals surface area contributed by atoms with Crippen molar-refractivity contribution in [3.8, 4) is 0 Å². The SMILES string of the molecule is Nc1c(Br)sc2c1CCC(N)C2. The van der Waals surface area contributed by atoms with Crippen molar-refractivity contribution in [2.24, 2.45) is 5.73 Å². The number of thiophene rings is 1. The van der Waals surface area contributed by atoms with Crippen molar-refractivity contribution >= 4 is 33.0 Å². The molecule has 12 heavy (non-hydrogen) atoms. The highest BCUT2D eigenvalue weighted by Crippen LogP contribution is 2.39. The Bertz CT molecular complexity index is 308. The van der Waals surface area contributed by atoms with Crippen LogP contribution in [0, 0.1) is 0 Å². The predicted molar refractivity (Wildman–Crippen MR) is 56.4 cm³/mol. The topological polar surface area (TPSA) is 52.0 Å². The molecule has 0 radical (unpaired) electrons. The van der Waals surface area contributed by atoms with Crippen molar-refractivity contribution in [1.82, 2.24) is 0 Å². The first kappa shape index (κ1) is 8.53. The summed E-state index contributed by atoms with van der Waals surface area (Å²) in [6.45, 7) is 0. The fourth-order valence-electron chi connectivity index (χ4n) is 1.60. The van der Waals surface area contributed by atoms with Crippen molar-refractivity contribution < 1.29 is 0 Å². The summed E-state index contributed by atoms with van der Waals surface area (Å²) in [7, 11) is 0. The van der Waals surface area contributed by atoms with E-state index < -0.39 is 0 Å². The highest BCUT2D eigenvalue weighted by molar-refractivity contribution is 9.11. The van der Waals surface area contributed by atoms with Gasteiger partial charge >= 0.3 is 0 Å². The molecule has 1 aromatic rings. The van der Waals surface area contributed by atoms with Gasteiger partial charge in [0.1, 0.15) is 0 Å². The Hall–Kier alpha value is -0.0600. The summed E-state index contributed by atoms with van der Waals surface area (Å²) in [6.07, 6.45) is 3.11. The number of anilines is 1. The van der Waals surface area contributed by atoms with Gasteiger partial charge in [0, 0.05) is 10.9 Å². The Morgan fingerprint density at radius 2 is 2.25 bits per heavy atom. The monoisotopic (exact) mass is 246 g/mol. The van der Waals surface area contributed by atoms with E-state index in [0.29, 0.717) is 6.04 Å². The number of nitrogens with two attached hydrogens (primary N) is 2. The third kappa shape index (κ3) is 1.28. The molecule has 4 N–H and O–H groups in total. The molecule has 2 rings (SSSR count). The van der Waals surface area contributed by atoms with E-state index in [1.165, 1.54) is 10.4 Å². The molecule has 1 atom stereocenters. The number of nitrogen functional groups attached to an aromatic ring is 1. The van der Waals surface area contributed by atoms with Gasteiger partial charge < -0.3 is 11.5 Å². The molecule has 1 unspecified atom stereocenters. The minimum absolute atomic E-state index is 0.336. The van der Waals surface area contributed by atoms with E-state index >= 15 is 0 Å². The molecule has 1 aromatic heterocycles. The fraction of sp³-hybridized carbons (Fsp3) is 0.500. The molecule has 2 nitrogen and oxygen atoms in total. The molecule has 0 fully saturated rings. The second-order valence-corrected chi connectivity index (χ2v) is 5.62. The first-order valence-corrected chi connectivity index (χ1v) is 5.60. The van der Waals surface area contributed by atoms with Crippen LogP contribution in [0.1, 0.15) is 16.9 Å². The molecular formula is C8H11BrN2S. The summed E-state index contributed by atoms with van der Waals surface area (Å²) in [5.41, 5.74) is 14.0. The van der Waals surface area contributed by atoms with E-state index in [1.807, 2.05) is 0 Å². The molecule has 0 amide bonds. The molecule has 0 aliphatic heterocycles. The molecular weight excluding hydrogens is 236 g/mol. The third-order valence-corrected chi connectivity index (χ3v) is 4.27. The molecule has 0 saturated heterocycles. The van der Waals surface area contributed by atoms with Gasteiger partial charge in [-0.15, -0.1) is 11.3 Å². The summed E-state index contributed by atoms with van der Waals surface area (Å²) in [4.78, 5) is 1.37. The highest BCUT2D eigenvalue weighted by Gasteiger charge is 2.21. The standard InChI is InChI=1S/C8H11BrN2S/c9-8-7(11)5-2-1-4(10)3-6(5)12-8/h4H,1-3,10-11H2. The zero-order chi connectivity index (χ0) is 8.72. The van der Waals surface area contributed by atoms with Gasteiger partial charge in [0.15, 0.2) is 0 Å². The number of rotatable bonds is 0. The van der Waals surface area contributed by atoms with Crippen molar-refractivity contribution in [2.45, 2.75) is 25.3 Å². The molecule has 1 heterocycles. The zero-order valence-electron chi connectivity index (χ0n) is 6.64. The fourth-order valence-corrected chi connectivity index (χ4v) is 3.51. The normalized spacial score (nSPS) is 22.3. The van der Waals surface area contributed by atoms with Crippen LogP contribution in [0.2, 0.25) is 0 Å². The molecule has 0 bridgehead atoms. The first-order valence-electron chi connectivity index (χ1n) is 3.99. The summed E-state index contributed by atoms with van der Waals surface area (Å²) in [5, 5.41) is 0. The molecule has 4 heteroatoms. The van der Waals surface area contributed by atoms with Crippen LogP contribution in [0.15, 0.2) is 3.79 Å². The maximum Gasteiger partial charge on any atom is 0.0933 e. The lowest BCUT2D eigenvalue weighted by molar-refractivity contribution is 0.585. The van der Waals surface area contributed by atoms with E-state index in [2.05, 4.69) is 15.9 Å². The van der Waals surface area contributed by atoms with E-state index in [9.17, 15) is 0 Å². The first-order chi connectivity index (χ1) is 5.68. The highest BCUT2D eigenvalue weighted by atomic mass is 79.9. The van der Waals surface area contributed by atoms with Crippen LogP contribution in [-0.4, -0.2) is 6.04 Å². The quantitative estimate of drug-likeness (QED) is 0.735. The van der Waals surface area contributed by atoms with Gasteiger partial charge in [-0.2, -0.15) is 0 Å². The van der Waals surface area contributed by atoms with Gasteiger partial charge in [0.2, 0.25) is 0 Å². The van der Waals surface area contributed by atoms with Crippen molar-refractivity contribution in [2.75, 3.05) is 5.73 Å². The van der Waals surface area contributed by atoms with Gasteiger partial charge in [0.25, 0.3) is 0 Å². The average Bonchev–Trinajstić information content (AvgIpc) is 2.28. The second-order valence-electron chi connectivity index (χ2n) is 3.19. The number of halogens is 1. The maximum atomic E-state index is 5.89. The van der Waals surface area contributed by atoms with Crippen LogP contribution in [0.4, 0.5) is 5.69 Å². The lowest BCUT2D eigenvalue weighted by atomic mass is 9.95. The Labute approximate surface area is 84.1 Å². The van der Waals surface area contributed by atoms with Crippen LogP contribution < -0.4 is 11.5 Å². The smallest absolute Gasteiger partial charge is 0.0933 e. The summed E-state index contributed by atoms with van der Waals surface area (Å²) >= 11 is 5.18. The van der Waals surface area contributed by atoms with Crippen molar-refractivity contribution in [3.63, 3.8) is 0 Å². The van der Waals surface area contributed by atoms with Crippen molar-refractivity contribution in [3.05, 3.63) is 14.2 Å². The number of hydrogen-bond donors (Lipinski definition) is 2. The van der Waals surface area contributed by atoms with Gasteiger partial charge in [-0.05, 0) is 40.8 Å². The lowest BCUT2D eigenvalue weighted by Gasteiger charge is -2.17. The number of hydrogen-bond acceptors (Lipinski definition) is 3. The minimum atomic E-state index is 0.336. The maximum absolute atomic E-state index is 5.89. The summed E-state index contributed by atoms with van der Waals surface area (Å²) in [5.74, 6) is 0. The van der Waals surface area contributed by atoms with E-state index in [4.69, 9.17) is 11.5 Å². The van der Waals surface area contributed by atoms with E-state index in [-0.39, 0.29) is 0 Å². The van der Waals surface area contributed by atoms with E-state index in [1.54, 1.807) is 11.3 Å². The van der Waals surface area contributed by atoms with Crippen LogP contribution in [0.5, 0.6) is 0 Å². The van der Waals surface area contributed by atoms with Gasteiger partial charge in [-0.1, -0.05) is 0 Å². The molecule has 66 valence electrons. The largest absolute Gasteiger partial charge is 0.397 e. The van der Waals surface area contributed by atoms with Gasteiger partial charge in [-0.3, -0.25) is 0 Å². The van der Waals surface area contributed by atoms with Crippen molar-refractivity contribution in [1.29, 1.82) is 0 Å². The van der Waals surface area contributed by atoms with Gasteiger partial charge in [-0.25, -0.2) is 0 Å².